The normalized spacial score (nSPS) is 12.2. The summed E-state index contributed by atoms with van der Waals surface area (Å²) < 4.78 is 5.39. The number of hydrogen-bond acceptors (Lipinski definition) is 4. The molecule has 0 atom stereocenters. The van der Waals surface area contributed by atoms with Crippen molar-refractivity contribution in [2.45, 2.75) is 19.8 Å². The SMILES string of the molecule is CC(C)CN(CC(=O)O)C(=O)CNC(=O)OCC1c2ccccc2-c2ccccc21. The lowest BCUT2D eigenvalue weighted by atomic mass is 9.98. The molecule has 2 N–H and O–H groups in total. The maximum Gasteiger partial charge on any atom is 0.407 e. The van der Waals surface area contributed by atoms with Gasteiger partial charge in [-0.05, 0) is 28.2 Å². The molecule has 1 aliphatic rings. The predicted molar refractivity (Wildman–Crippen MR) is 112 cm³/mol. The predicted octanol–water partition coefficient (Wildman–Crippen LogP) is 3.09. The summed E-state index contributed by atoms with van der Waals surface area (Å²) >= 11 is 0. The van der Waals surface area contributed by atoms with E-state index in [4.69, 9.17) is 9.84 Å². The van der Waals surface area contributed by atoms with Crippen molar-refractivity contribution in [2.24, 2.45) is 5.92 Å². The molecule has 1 aliphatic carbocycles. The number of benzene rings is 2. The van der Waals surface area contributed by atoms with Crippen molar-refractivity contribution in [1.29, 1.82) is 0 Å². The molecule has 7 nitrogen and oxygen atoms in total. The monoisotopic (exact) mass is 410 g/mol. The molecule has 0 aromatic heterocycles. The van der Waals surface area contributed by atoms with Crippen LogP contribution in [0.5, 0.6) is 0 Å². The van der Waals surface area contributed by atoms with Gasteiger partial charge in [-0.1, -0.05) is 62.4 Å². The minimum atomic E-state index is -1.09. The molecule has 2 aromatic carbocycles. The van der Waals surface area contributed by atoms with Crippen LogP contribution in [0.15, 0.2) is 48.5 Å². The first-order valence-corrected chi connectivity index (χ1v) is 9.95. The standard InChI is InChI=1S/C23H26N2O5/c1-15(2)12-25(13-22(27)28)21(26)11-24-23(29)30-14-20-18-9-5-3-7-16(18)17-8-4-6-10-19(17)20/h3-10,15,20H,11-14H2,1-2H3,(H,24,29)(H,27,28). The van der Waals surface area contributed by atoms with Gasteiger partial charge in [0.2, 0.25) is 5.91 Å². The highest BCUT2D eigenvalue weighted by Gasteiger charge is 2.29. The van der Waals surface area contributed by atoms with E-state index in [1.165, 1.54) is 4.90 Å². The molecule has 0 heterocycles. The maximum atomic E-state index is 12.3. The maximum absolute atomic E-state index is 12.3. The number of nitrogens with zero attached hydrogens (tertiary/aromatic N) is 1. The van der Waals surface area contributed by atoms with E-state index in [0.717, 1.165) is 22.3 Å². The zero-order valence-corrected chi connectivity index (χ0v) is 17.1. The number of carbonyl (C=O) groups excluding carboxylic acids is 2. The van der Waals surface area contributed by atoms with Crippen LogP contribution in [0.25, 0.3) is 11.1 Å². The first-order valence-electron chi connectivity index (χ1n) is 9.95. The van der Waals surface area contributed by atoms with E-state index >= 15 is 0 Å². The Balaban J connectivity index is 1.57. The quantitative estimate of drug-likeness (QED) is 0.697. The highest BCUT2D eigenvalue weighted by Crippen LogP contribution is 2.44. The number of amides is 2. The van der Waals surface area contributed by atoms with E-state index in [0.29, 0.717) is 6.54 Å². The molecule has 30 heavy (non-hydrogen) atoms. The van der Waals surface area contributed by atoms with Crippen LogP contribution in [0, 0.1) is 5.92 Å². The van der Waals surface area contributed by atoms with Crippen LogP contribution in [-0.4, -0.2) is 54.2 Å². The zero-order valence-electron chi connectivity index (χ0n) is 17.1. The van der Waals surface area contributed by atoms with Crippen molar-refractivity contribution in [3.63, 3.8) is 0 Å². The smallest absolute Gasteiger partial charge is 0.407 e. The summed E-state index contributed by atoms with van der Waals surface area (Å²) in [6.07, 6.45) is -0.704. The van der Waals surface area contributed by atoms with Crippen LogP contribution >= 0.6 is 0 Å². The van der Waals surface area contributed by atoms with Crippen molar-refractivity contribution in [2.75, 3.05) is 26.2 Å². The fourth-order valence-electron chi connectivity index (χ4n) is 3.77. The van der Waals surface area contributed by atoms with Crippen LogP contribution < -0.4 is 5.32 Å². The third kappa shape index (κ3) is 4.97. The summed E-state index contributed by atoms with van der Waals surface area (Å²) in [7, 11) is 0. The van der Waals surface area contributed by atoms with E-state index in [1.807, 2.05) is 50.2 Å². The molecule has 0 unspecified atom stereocenters. The first kappa shape index (κ1) is 21.4. The molecular weight excluding hydrogens is 384 g/mol. The lowest BCUT2D eigenvalue weighted by Crippen LogP contribution is -2.44. The van der Waals surface area contributed by atoms with Crippen molar-refractivity contribution in [3.05, 3.63) is 59.7 Å². The molecule has 0 aliphatic heterocycles. The largest absolute Gasteiger partial charge is 0.480 e. The lowest BCUT2D eigenvalue weighted by Gasteiger charge is -2.23. The van der Waals surface area contributed by atoms with Crippen molar-refractivity contribution in [1.82, 2.24) is 10.2 Å². The van der Waals surface area contributed by atoms with Crippen LogP contribution in [-0.2, 0) is 14.3 Å². The number of carboxylic acids is 1. The van der Waals surface area contributed by atoms with Gasteiger partial charge < -0.3 is 20.1 Å². The van der Waals surface area contributed by atoms with Gasteiger partial charge >= 0.3 is 12.1 Å². The van der Waals surface area contributed by atoms with Crippen molar-refractivity contribution >= 4 is 18.0 Å². The third-order valence-electron chi connectivity index (χ3n) is 4.99. The number of carbonyl (C=O) groups is 3. The Morgan fingerprint density at radius 1 is 1.03 bits per heavy atom. The second kappa shape index (κ2) is 9.43. The Bertz CT molecular complexity index is 895. The lowest BCUT2D eigenvalue weighted by molar-refractivity contribution is -0.144. The topological polar surface area (TPSA) is 95.9 Å². The number of nitrogens with one attached hydrogen (secondary N) is 1. The Labute approximate surface area is 175 Å². The van der Waals surface area contributed by atoms with Crippen molar-refractivity contribution in [3.8, 4) is 11.1 Å². The van der Waals surface area contributed by atoms with Gasteiger partial charge in [0.05, 0.1) is 0 Å². The van der Waals surface area contributed by atoms with Gasteiger partial charge in [-0.3, -0.25) is 9.59 Å². The summed E-state index contributed by atoms with van der Waals surface area (Å²) in [5.74, 6) is -1.50. The third-order valence-corrected chi connectivity index (χ3v) is 4.99. The summed E-state index contributed by atoms with van der Waals surface area (Å²) in [5.41, 5.74) is 4.48. The van der Waals surface area contributed by atoms with E-state index in [1.54, 1.807) is 0 Å². The minimum Gasteiger partial charge on any atom is -0.480 e. The Morgan fingerprint density at radius 3 is 2.13 bits per heavy atom. The highest BCUT2D eigenvalue weighted by molar-refractivity contribution is 5.85. The van der Waals surface area contributed by atoms with Crippen LogP contribution in [0.4, 0.5) is 4.79 Å². The van der Waals surface area contributed by atoms with Crippen molar-refractivity contribution < 1.29 is 24.2 Å². The molecule has 0 saturated heterocycles. The minimum absolute atomic E-state index is 0.0664. The Morgan fingerprint density at radius 2 is 1.60 bits per heavy atom. The van der Waals surface area contributed by atoms with E-state index in [-0.39, 0.29) is 25.0 Å². The molecule has 0 spiro atoms. The molecule has 3 rings (SSSR count). The summed E-state index contributed by atoms with van der Waals surface area (Å²) in [6.45, 7) is 3.53. The van der Waals surface area contributed by atoms with Crippen LogP contribution in [0.2, 0.25) is 0 Å². The average Bonchev–Trinajstić information content (AvgIpc) is 3.03. The number of fused-ring (bicyclic) bond motifs is 3. The molecule has 0 fully saturated rings. The van der Waals surface area contributed by atoms with Gasteiger partial charge in [0.25, 0.3) is 0 Å². The van der Waals surface area contributed by atoms with E-state index in [2.05, 4.69) is 17.4 Å². The molecule has 2 aromatic rings. The fourth-order valence-corrected chi connectivity index (χ4v) is 3.77. The average molecular weight is 410 g/mol. The fraction of sp³-hybridized carbons (Fsp3) is 0.348. The summed E-state index contributed by atoms with van der Waals surface area (Å²) in [5, 5.41) is 11.4. The molecule has 158 valence electrons. The molecular formula is C23H26N2O5. The van der Waals surface area contributed by atoms with Gasteiger partial charge in [0.15, 0.2) is 0 Å². The molecule has 0 radical (unpaired) electrons. The van der Waals surface area contributed by atoms with Gasteiger partial charge in [-0.2, -0.15) is 0 Å². The van der Waals surface area contributed by atoms with Gasteiger partial charge in [-0.25, -0.2) is 4.79 Å². The first-order chi connectivity index (χ1) is 14.4. The molecule has 7 heteroatoms. The Hall–Kier alpha value is -3.35. The summed E-state index contributed by atoms with van der Waals surface area (Å²) in [4.78, 5) is 36.7. The molecule has 2 amide bonds. The number of ether oxygens (including phenoxy) is 1. The van der Waals surface area contributed by atoms with Gasteiger partial charge in [-0.15, -0.1) is 0 Å². The molecule has 0 saturated carbocycles. The van der Waals surface area contributed by atoms with Crippen LogP contribution in [0.1, 0.15) is 30.9 Å². The number of aliphatic carboxylic acids is 1. The second-order valence-corrected chi connectivity index (χ2v) is 7.74. The van der Waals surface area contributed by atoms with Gasteiger partial charge in [0.1, 0.15) is 19.7 Å². The zero-order chi connectivity index (χ0) is 21.7. The number of rotatable bonds is 8. The highest BCUT2D eigenvalue weighted by atomic mass is 16.5. The van der Waals surface area contributed by atoms with Crippen LogP contribution in [0.3, 0.4) is 0 Å². The van der Waals surface area contributed by atoms with Gasteiger partial charge in [0, 0.05) is 12.5 Å². The number of alkyl carbamates (subject to hydrolysis) is 1. The number of carboxylic acid groups (broad SMARTS) is 1. The number of hydrogen-bond donors (Lipinski definition) is 2. The second-order valence-electron chi connectivity index (χ2n) is 7.74. The van der Waals surface area contributed by atoms with E-state index in [9.17, 15) is 14.4 Å². The Kier molecular flexibility index (Phi) is 6.72. The summed E-state index contributed by atoms with van der Waals surface area (Å²) in [6, 6.07) is 16.1. The van der Waals surface area contributed by atoms with E-state index < -0.39 is 24.5 Å². The molecule has 0 bridgehead atoms.